The zero-order chi connectivity index (χ0) is 36.4. The second-order valence-electron chi connectivity index (χ2n) is 15.4. The highest BCUT2D eigenvalue weighted by Gasteiger charge is 2.40. The van der Waals surface area contributed by atoms with Crippen molar-refractivity contribution in [2.45, 2.75) is 32.6 Å². The SMILES string of the molecule is CC1CC=CC2=C1C(C)(C)c1cc(N(c3ccc(-c4ccc5c(c4)c4ccccc4n5-c4ccccc4)cc3)c3cccc(-c4ccccc4)c3)ccc12. The minimum Gasteiger partial charge on any atom is -0.310 e. The second-order valence-corrected chi connectivity index (χ2v) is 15.4. The van der Waals surface area contributed by atoms with Gasteiger partial charge in [-0.25, -0.2) is 0 Å². The van der Waals surface area contributed by atoms with Crippen LogP contribution in [0, 0.1) is 5.92 Å². The van der Waals surface area contributed by atoms with E-state index in [9.17, 15) is 0 Å². The quantitative estimate of drug-likeness (QED) is 0.168. The summed E-state index contributed by atoms with van der Waals surface area (Å²) in [6, 6.07) is 62.2. The van der Waals surface area contributed by atoms with E-state index in [1.165, 1.54) is 72.1 Å². The number of hydrogen-bond acceptors (Lipinski definition) is 1. The van der Waals surface area contributed by atoms with Crippen LogP contribution in [0.15, 0.2) is 188 Å². The zero-order valence-corrected chi connectivity index (χ0v) is 31.0. The molecule has 2 aliphatic carbocycles. The summed E-state index contributed by atoms with van der Waals surface area (Å²) in [6.07, 6.45) is 5.82. The molecule has 0 fully saturated rings. The molecule has 0 saturated carbocycles. The number of fused-ring (bicyclic) bond motifs is 5. The van der Waals surface area contributed by atoms with E-state index in [1.807, 2.05) is 0 Å². The highest BCUT2D eigenvalue weighted by molar-refractivity contribution is 6.10. The molecule has 1 atom stereocenters. The highest BCUT2D eigenvalue weighted by atomic mass is 15.1. The van der Waals surface area contributed by atoms with E-state index in [0.717, 1.165) is 17.8 Å². The van der Waals surface area contributed by atoms with Crippen LogP contribution >= 0.6 is 0 Å². The summed E-state index contributed by atoms with van der Waals surface area (Å²) in [4.78, 5) is 2.43. The summed E-state index contributed by atoms with van der Waals surface area (Å²) in [7, 11) is 0. The van der Waals surface area contributed by atoms with Crippen molar-refractivity contribution in [3.63, 3.8) is 0 Å². The third kappa shape index (κ3) is 5.16. The van der Waals surface area contributed by atoms with Crippen LogP contribution in [0.25, 0.3) is 55.3 Å². The first-order valence-corrected chi connectivity index (χ1v) is 19.2. The van der Waals surface area contributed by atoms with Crippen molar-refractivity contribution in [3.8, 4) is 27.9 Å². The molecule has 0 N–H and O–H groups in total. The molecular weight excluding hydrogens is 653 g/mol. The van der Waals surface area contributed by atoms with Gasteiger partial charge in [-0.05, 0) is 124 Å². The van der Waals surface area contributed by atoms with Gasteiger partial charge in [-0.2, -0.15) is 0 Å². The molecule has 0 radical (unpaired) electrons. The van der Waals surface area contributed by atoms with Gasteiger partial charge in [0.15, 0.2) is 0 Å². The van der Waals surface area contributed by atoms with Crippen molar-refractivity contribution in [1.29, 1.82) is 0 Å². The van der Waals surface area contributed by atoms with Gasteiger partial charge in [0, 0.05) is 38.9 Å². The van der Waals surface area contributed by atoms with E-state index < -0.39 is 0 Å². The van der Waals surface area contributed by atoms with Crippen molar-refractivity contribution in [1.82, 2.24) is 4.57 Å². The van der Waals surface area contributed by atoms with E-state index in [4.69, 9.17) is 0 Å². The first kappa shape index (κ1) is 32.3. The fourth-order valence-corrected chi connectivity index (χ4v) is 9.33. The lowest BCUT2D eigenvalue weighted by atomic mass is 9.74. The maximum atomic E-state index is 2.45. The van der Waals surface area contributed by atoms with Crippen molar-refractivity contribution >= 4 is 44.4 Å². The van der Waals surface area contributed by atoms with Gasteiger partial charge in [0.1, 0.15) is 0 Å². The topological polar surface area (TPSA) is 8.17 Å². The molecule has 2 heteroatoms. The van der Waals surface area contributed by atoms with E-state index in [0.29, 0.717) is 5.92 Å². The predicted octanol–water partition coefficient (Wildman–Crippen LogP) is 14.2. The maximum absolute atomic E-state index is 2.45. The van der Waals surface area contributed by atoms with Crippen LogP contribution in [0.2, 0.25) is 0 Å². The predicted molar refractivity (Wildman–Crippen MR) is 229 cm³/mol. The summed E-state index contributed by atoms with van der Waals surface area (Å²) in [5, 5.41) is 2.52. The van der Waals surface area contributed by atoms with E-state index in [2.05, 4.69) is 212 Å². The van der Waals surface area contributed by atoms with Crippen molar-refractivity contribution < 1.29 is 0 Å². The Kier molecular flexibility index (Phi) is 7.56. The summed E-state index contributed by atoms with van der Waals surface area (Å²) >= 11 is 0. The molecule has 0 aliphatic heterocycles. The van der Waals surface area contributed by atoms with E-state index >= 15 is 0 Å². The van der Waals surface area contributed by atoms with Gasteiger partial charge in [0.2, 0.25) is 0 Å². The first-order valence-electron chi connectivity index (χ1n) is 19.2. The summed E-state index contributed by atoms with van der Waals surface area (Å²) in [5.74, 6) is 0.538. The number of benzene rings is 7. The van der Waals surface area contributed by atoms with Gasteiger partial charge in [-0.1, -0.05) is 136 Å². The molecule has 0 saturated heterocycles. The number of nitrogens with zero attached hydrogens (tertiary/aromatic N) is 2. The van der Waals surface area contributed by atoms with Crippen LogP contribution in [0.4, 0.5) is 17.1 Å². The molecule has 54 heavy (non-hydrogen) atoms. The molecule has 1 unspecified atom stereocenters. The average molecular weight is 695 g/mol. The molecule has 0 amide bonds. The number of hydrogen-bond donors (Lipinski definition) is 0. The number of aromatic nitrogens is 1. The third-order valence-electron chi connectivity index (χ3n) is 11.8. The van der Waals surface area contributed by atoms with Crippen molar-refractivity contribution in [2.24, 2.45) is 5.92 Å². The van der Waals surface area contributed by atoms with Gasteiger partial charge >= 0.3 is 0 Å². The lowest BCUT2D eigenvalue weighted by Gasteiger charge is -2.31. The summed E-state index contributed by atoms with van der Waals surface area (Å²) < 4.78 is 2.37. The Morgan fingerprint density at radius 3 is 1.98 bits per heavy atom. The Hall–Kier alpha value is -6.38. The van der Waals surface area contributed by atoms with Gasteiger partial charge in [0.25, 0.3) is 0 Å². The number of rotatable bonds is 6. The molecule has 2 aliphatic rings. The molecule has 8 aromatic rings. The fraction of sp³-hybridized carbons (Fsp3) is 0.115. The van der Waals surface area contributed by atoms with Crippen LogP contribution in [0.1, 0.15) is 38.3 Å². The Morgan fingerprint density at radius 2 is 1.17 bits per heavy atom. The fourth-order valence-electron chi connectivity index (χ4n) is 9.33. The summed E-state index contributed by atoms with van der Waals surface area (Å²) in [6.45, 7) is 7.21. The van der Waals surface area contributed by atoms with Crippen molar-refractivity contribution in [3.05, 3.63) is 199 Å². The average Bonchev–Trinajstić information content (AvgIpc) is 3.67. The number of allylic oxidation sites excluding steroid dienone is 4. The lowest BCUT2D eigenvalue weighted by Crippen LogP contribution is -2.22. The van der Waals surface area contributed by atoms with Crippen LogP contribution in [-0.4, -0.2) is 4.57 Å². The molecular formula is C52H42N2. The Labute approximate surface area is 318 Å². The van der Waals surface area contributed by atoms with E-state index in [1.54, 1.807) is 5.57 Å². The molecule has 1 heterocycles. The van der Waals surface area contributed by atoms with E-state index in [-0.39, 0.29) is 5.41 Å². The maximum Gasteiger partial charge on any atom is 0.0541 e. The Balaban J connectivity index is 1.08. The monoisotopic (exact) mass is 694 g/mol. The van der Waals surface area contributed by atoms with Gasteiger partial charge in [-0.15, -0.1) is 0 Å². The van der Waals surface area contributed by atoms with Gasteiger partial charge in [-0.3, -0.25) is 0 Å². The first-order chi connectivity index (χ1) is 26.5. The van der Waals surface area contributed by atoms with Gasteiger partial charge < -0.3 is 9.47 Å². The molecule has 0 spiro atoms. The molecule has 1 aromatic heterocycles. The minimum atomic E-state index is -0.0332. The van der Waals surface area contributed by atoms with Crippen molar-refractivity contribution in [2.75, 3.05) is 4.90 Å². The number of anilines is 3. The van der Waals surface area contributed by atoms with Crippen LogP contribution in [0.5, 0.6) is 0 Å². The molecule has 7 aromatic carbocycles. The highest BCUT2D eigenvalue weighted by Crippen LogP contribution is 2.53. The molecule has 0 bridgehead atoms. The molecule has 260 valence electrons. The largest absolute Gasteiger partial charge is 0.310 e. The molecule has 10 rings (SSSR count). The Morgan fingerprint density at radius 1 is 0.537 bits per heavy atom. The normalized spacial score (nSPS) is 15.8. The number of para-hydroxylation sites is 2. The lowest BCUT2D eigenvalue weighted by molar-refractivity contribution is 0.530. The smallest absolute Gasteiger partial charge is 0.0541 e. The molecule has 2 nitrogen and oxygen atoms in total. The van der Waals surface area contributed by atoms with Crippen LogP contribution in [-0.2, 0) is 5.41 Å². The van der Waals surface area contributed by atoms with Crippen LogP contribution in [0.3, 0.4) is 0 Å². The third-order valence-corrected chi connectivity index (χ3v) is 11.8. The minimum absolute atomic E-state index is 0.0332. The Bertz CT molecular complexity index is 2760. The van der Waals surface area contributed by atoms with Gasteiger partial charge in [0.05, 0.1) is 11.0 Å². The van der Waals surface area contributed by atoms with Crippen LogP contribution < -0.4 is 4.90 Å². The zero-order valence-electron chi connectivity index (χ0n) is 31.0. The summed E-state index contributed by atoms with van der Waals surface area (Å²) in [5.41, 5.74) is 17.6. The standard InChI is InChI=1S/C52H42N2/c1-35-14-12-22-46-44-30-29-43(34-48(44)52(2,3)51(35)46)53(42-20-13-17-38(32-42)36-15-6-4-7-16-36)41-27-24-37(25-28-41)39-26-31-50-47(33-39)45-21-10-11-23-49(45)54(50)40-18-8-5-9-19-40/h4-13,15-35H,14H2,1-3H3. The second kappa shape index (κ2) is 12.6.